The minimum absolute atomic E-state index is 0.396. The quantitative estimate of drug-likeness (QED) is 0.667. The molecule has 0 amide bonds. The minimum Gasteiger partial charge on any atom is -0.409 e. The first-order chi connectivity index (χ1) is 12.3. The molecule has 7 nitrogen and oxygen atoms in total. The Morgan fingerprint density at radius 2 is 1.68 bits per heavy atom. The standard InChI is InChI=1S/C17H18N6OS/c25-17-23(20-15(24-17)14-5-2-1-3-6-14)13-21-9-11-22(12-10-21)16-18-7-4-8-19-16/h1-8H,9-13H2. The van der Waals surface area contributed by atoms with Crippen molar-refractivity contribution in [2.75, 3.05) is 31.1 Å². The Morgan fingerprint density at radius 3 is 2.40 bits per heavy atom. The number of rotatable bonds is 4. The van der Waals surface area contributed by atoms with Gasteiger partial charge in [0.05, 0.1) is 6.67 Å². The summed E-state index contributed by atoms with van der Waals surface area (Å²) in [5.74, 6) is 1.34. The number of hydrogen-bond acceptors (Lipinski definition) is 7. The maximum atomic E-state index is 5.64. The second kappa shape index (κ2) is 7.12. The average molecular weight is 354 g/mol. The van der Waals surface area contributed by atoms with E-state index < -0.39 is 0 Å². The fraction of sp³-hybridized carbons (Fsp3) is 0.294. The largest absolute Gasteiger partial charge is 0.409 e. The van der Waals surface area contributed by atoms with E-state index >= 15 is 0 Å². The molecule has 0 aliphatic carbocycles. The summed E-state index contributed by atoms with van der Waals surface area (Å²) in [7, 11) is 0. The van der Waals surface area contributed by atoms with Crippen LogP contribution in [0.2, 0.25) is 0 Å². The number of nitrogens with zero attached hydrogens (tertiary/aromatic N) is 6. The number of anilines is 1. The van der Waals surface area contributed by atoms with Gasteiger partial charge in [0.25, 0.3) is 4.84 Å². The highest BCUT2D eigenvalue weighted by Gasteiger charge is 2.20. The van der Waals surface area contributed by atoms with E-state index in [1.54, 1.807) is 17.1 Å². The van der Waals surface area contributed by atoms with Gasteiger partial charge < -0.3 is 9.32 Å². The topological polar surface area (TPSA) is 63.2 Å². The predicted molar refractivity (Wildman–Crippen MR) is 96.6 cm³/mol. The molecule has 8 heteroatoms. The molecule has 2 aromatic heterocycles. The van der Waals surface area contributed by atoms with Crippen molar-refractivity contribution in [1.82, 2.24) is 24.6 Å². The Kier molecular flexibility index (Phi) is 4.53. The molecular formula is C17H18N6OS. The van der Waals surface area contributed by atoms with Crippen molar-refractivity contribution < 1.29 is 4.42 Å². The molecule has 4 rings (SSSR count). The molecular weight excluding hydrogens is 336 g/mol. The van der Waals surface area contributed by atoms with Gasteiger partial charge in [0.2, 0.25) is 11.8 Å². The van der Waals surface area contributed by atoms with Gasteiger partial charge in [-0.1, -0.05) is 18.2 Å². The van der Waals surface area contributed by atoms with Crippen LogP contribution in [0.25, 0.3) is 11.5 Å². The van der Waals surface area contributed by atoms with E-state index in [2.05, 4.69) is 24.9 Å². The molecule has 1 fully saturated rings. The van der Waals surface area contributed by atoms with Crippen LogP contribution in [0.15, 0.2) is 53.2 Å². The van der Waals surface area contributed by atoms with Crippen molar-refractivity contribution >= 4 is 18.2 Å². The molecule has 0 saturated carbocycles. The molecule has 3 heterocycles. The van der Waals surface area contributed by atoms with E-state index in [1.165, 1.54) is 0 Å². The Morgan fingerprint density at radius 1 is 0.960 bits per heavy atom. The summed E-state index contributed by atoms with van der Waals surface area (Å²) in [4.78, 5) is 13.5. The fourth-order valence-electron chi connectivity index (χ4n) is 2.83. The smallest absolute Gasteiger partial charge is 0.288 e. The van der Waals surface area contributed by atoms with Crippen molar-refractivity contribution in [3.63, 3.8) is 0 Å². The van der Waals surface area contributed by atoms with Crippen molar-refractivity contribution in [1.29, 1.82) is 0 Å². The summed E-state index contributed by atoms with van der Waals surface area (Å²) in [6.07, 6.45) is 3.54. The minimum atomic E-state index is 0.396. The highest BCUT2D eigenvalue weighted by Crippen LogP contribution is 2.17. The van der Waals surface area contributed by atoms with Crippen LogP contribution in [-0.2, 0) is 6.67 Å². The van der Waals surface area contributed by atoms with E-state index in [0.29, 0.717) is 17.4 Å². The third kappa shape index (κ3) is 3.59. The van der Waals surface area contributed by atoms with Crippen LogP contribution < -0.4 is 4.90 Å². The zero-order valence-corrected chi connectivity index (χ0v) is 14.5. The van der Waals surface area contributed by atoms with Crippen LogP contribution in [0.1, 0.15) is 0 Å². The van der Waals surface area contributed by atoms with E-state index in [0.717, 1.165) is 37.7 Å². The lowest BCUT2D eigenvalue weighted by Gasteiger charge is -2.34. The van der Waals surface area contributed by atoms with Gasteiger partial charge >= 0.3 is 0 Å². The molecule has 0 radical (unpaired) electrons. The number of piperazine rings is 1. The second-order valence-corrected chi connectivity index (χ2v) is 6.18. The molecule has 128 valence electrons. The van der Waals surface area contributed by atoms with Crippen LogP contribution in [0.3, 0.4) is 0 Å². The van der Waals surface area contributed by atoms with Crippen LogP contribution >= 0.6 is 12.2 Å². The Balaban J connectivity index is 1.41. The zero-order chi connectivity index (χ0) is 17.1. The Bertz CT molecular complexity index is 871. The van der Waals surface area contributed by atoms with Gasteiger partial charge in [-0.05, 0) is 30.4 Å². The molecule has 3 aromatic rings. The molecule has 0 unspecified atom stereocenters. The van der Waals surface area contributed by atoms with Crippen LogP contribution in [0, 0.1) is 4.84 Å². The van der Waals surface area contributed by atoms with Gasteiger partial charge in [0.15, 0.2) is 0 Å². The molecule has 1 saturated heterocycles. The summed E-state index contributed by atoms with van der Waals surface area (Å²) < 4.78 is 7.38. The second-order valence-electron chi connectivity index (χ2n) is 5.83. The highest BCUT2D eigenvalue weighted by atomic mass is 32.1. The molecule has 1 aliphatic heterocycles. The average Bonchev–Trinajstić information content (AvgIpc) is 3.04. The SMILES string of the molecule is S=c1oc(-c2ccccc2)nn1CN1CCN(c2ncccn2)CC1. The van der Waals surface area contributed by atoms with E-state index in [9.17, 15) is 0 Å². The summed E-state index contributed by atoms with van der Waals surface area (Å²) in [5.41, 5.74) is 0.929. The fourth-order valence-corrected chi connectivity index (χ4v) is 3.00. The van der Waals surface area contributed by atoms with E-state index in [-0.39, 0.29) is 0 Å². The zero-order valence-electron chi connectivity index (χ0n) is 13.7. The number of benzene rings is 1. The van der Waals surface area contributed by atoms with Crippen molar-refractivity contribution in [3.8, 4) is 11.5 Å². The lowest BCUT2D eigenvalue weighted by atomic mass is 10.2. The first-order valence-corrected chi connectivity index (χ1v) is 8.58. The van der Waals surface area contributed by atoms with Gasteiger partial charge in [0.1, 0.15) is 0 Å². The van der Waals surface area contributed by atoms with Crippen molar-refractivity contribution in [2.24, 2.45) is 0 Å². The summed E-state index contributed by atoms with van der Waals surface area (Å²) >= 11 is 5.32. The van der Waals surface area contributed by atoms with E-state index in [1.807, 2.05) is 36.4 Å². The summed E-state index contributed by atoms with van der Waals surface area (Å²) in [6, 6.07) is 11.6. The van der Waals surface area contributed by atoms with Gasteiger partial charge in [-0.25, -0.2) is 14.6 Å². The van der Waals surface area contributed by atoms with E-state index in [4.69, 9.17) is 16.6 Å². The van der Waals surface area contributed by atoms with Gasteiger partial charge in [-0.2, -0.15) is 0 Å². The van der Waals surface area contributed by atoms with Crippen molar-refractivity contribution in [2.45, 2.75) is 6.67 Å². The Hall–Kier alpha value is -2.58. The lowest BCUT2D eigenvalue weighted by molar-refractivity contribution is 0.191. The molecule has 0 atom stereocenters. The Labute approximate surface area is 150 Å². The van der Waals surface area contributed by atoms with Gasteiger partial charge in [0, 0.05) is 44.1 Å². The maximum Gasteiger partial charge on any atom is 0.288 e. The summed E-state index contributed by atoms with van der Waals surface area (Å²) in [6.45, 7) is 4.17. The van der Waals surface area contributed by atoms with Gasteiger partial charge in [-0.15, -0.1) is 5.10 Å². The predicted octanol–water partition coefficient (Wildman–Crippen LogP) is 2.44. The molecule has 0 bridgehead atoms. The number of aromatic nitrogens is 4. The highest BCUT2D eigenvalue weighted by molar-refractivity contribution is 7.71. The molecule has 0 spiro atoms. The number of hydrogen-bond donors (Lipinski definition) is 0. The normalized spacial score (nSPS) is 15.4. The first kappa shape index (κ1) is 15.9. The van der Waals surface area contributed by atoms with Crippen LogP contribution in [-0.4, -0.2) is 50.8 Å². The first-order valence-electron chi connectivity index (χ1n) is 8.17. The molecule has 25 heavy (non-hydrogen) atoms. The third-order valence-electron chi connectivity index (χ3n) is 4.17. The van der Waals surface area contributed by atoms with Crippen LogP contribution in [0.4, 0.5) is 5.95 Å². The molecule has 0 N–H and O–H groups in total. The third-order valence-corrected chi connectivity index (χ3v) is 4.46. The summed E-state index contributed by atoms with van der Waals surface area (Å²) in [5, 5.41) is 4.52. The molecule has 1 aromatic carbocycles. The monoisotopic (exact) mass is 354 g/mol. The van der Waals surface area contributed by atoms with Gasteiger partial charge in [-0.3, -0.25) is 4.90 Å². The van der Waals surface area contributed by atoms with Crippen LogP contribution in [0.5, 0.6) is 0 Å². The lowest BCUT2D eigenvalue weighted by Crippen LogP contribution is -2.47. The molecule has 1 aliphatic rings. The van der Waals surface area contributed by atoms with Crippen molar-refractivity contribution in [3.05, 3.63) is 53.6 Å². The maximum absolute atomic E-state index is 5.64.